The van der Waals surface area contributed by atoms with Gasteiger partial charge in [-0.1, -0.05) is 12.8 Å². The Hall–Kier alpha value is -0.593. The molecule has 6 heteroatoms. The first-order chi connectivity index (χ1) is 10.3. The van der Waals surface area contributed by atoms with E-state index in [2.05, 4.69) is 25.0 Å². The molecule has 128 valence electrons. The molecule has 1 unspecified atom stereocenters. The van der Waals surface area contributed by atoms with Gasteiger partial charge in [-0.2, -0.15) is 0 Å². The summed E-state index contributed by atoms with van der Waals surface area (Å²) in [6, 6.07) is 0. The van der Waals surface area contributed by atoms with Crippen LogP contribution >= 0.6 is 0 Å². The zero-order chi connectivity index (χ0) is 16.2. The molecule has 0 radical (unpaired) electrons. The smallest absolute Gasteiger partial charge is 0.407 e. The summed E-state index contributed by atoms with van der Waals surface area (Å²) in [4.78, 5) is 12.9. The number of carbonyl (C=O) groups is 1. The van der Waals surface area contributed by atoms with Crippen molar-refractivity contribution in [2.75, 3.05) is 32.8 Å². The van der Waals surface area contributed by atoms with Gasteiger partial charge in [-0.05, 0) is 56.8 Å². The Bertz CT molecular complexity index is 378. The number of amides is 1. The van der Waals surface area contributed by atoms with Crippen molar-refractivity contribution in [3.8, 4) is 0 Å². The normalized spacial score (nSPS) is 24.9. The Kier molecular flexibility index (Phi) is 5.91. The second-order valence-corrected chi connectivity index (χ2v) is 12.4. The van der Waals surface area contributed by atoms with Crippen molar-refractivity contribution in [1.82, 2.24) is 10.2 Å². The van der Waals surface area contributed by atoms with Gasteiger partial charge in [-0.15, -0.1) is 0 Å². The van der Waals surface area contributed by atoms with Crippen LogP contribution in [-0.4, -0.2) is 57.2 Å². The highest BCUT2D eigenvalue weighted by atomic mass is 28.4. The Morgan fingerprint density at radius 2 is 2.05 bits per heavy atom. The van der Waals surface area contributed by atoms with Crippen LogP contribution < -0.4 is 5.32 Å². The number of piperidine rings is 1. The van der Waals surface area contributed by atoms with E-state index in [9.17, 15) is 9.90 Å². The molecule has 0 aromatic rings. The van der Waals surface area contributed by atoms with Crippen LogP contribution in [0.4, 0.5) is 4.79 Å². The molecule has 5 nitrogen and oxygen atoms in total. The second-order valence-electron chi connectivity index (χ2n) is 7.92. The minimum Gasteiger partial charge on any atom is -0.465 e. The highest BCUT2D eigenvalue weighted by molar-refractivity contribution is 6.69. The summed E-state index contributed by atoms with van der Waals surface area (Å²) in [5.41, 5.74) is 0.225. The molecule has 1 saturated heterocycles. The standard InChI is InChI=1S/C16H32N2O3Si/c1-22(2,3)21-11-9-17-12-14-6-10-18(15(19)20)13-16(14)7-4-5-8-16/h14,17H,4-13H2,1-3H3,(H,19,20). The summed E-state index contributed by atoms with van der Waals surface area (Å²) in [6.07, 6.45) is 5.13. The van der Waals surface area contributed by atoms with Crippen LogP contribution in [0.5, 0.6) is 0 Å². The van der Waals surface area contributed by atoms with Gasteiger partial charge >= 0.3 is 6.09 Å². The third-order valence-electron chi connectivity index (χ3n) is 5.19. The molecule has 2 rings (SSSR count). The molecule has 1 spiro atoms. The Balaban J connectivity index is 1.81. The molecule has 2 N–H and O–H groups in total. The van der Waals surface area contributed by atoms with Crippen LogP contribution in [0.3, 0.4) is 0 Å². The van der Waals surface area contributed by atoms with Gasteiger partial charge in [-0.3, -0.25) is 0 Å². The number of hydrogen-bond donors (Lipinski definition) is 2. The molecular weight excluding hydrogens is 296 g/mol. The van der Waals surface area contributed by atoms with Crippen molar-refractivity contribution in [1.29, 1.82) is 0 Å². The third kappa shape index (κ3) is 4.70. The highest BCUT2D eigenvalue weighted by Gasteiger charge is 2.45. The number of likely N-dealkylation sites (tertiary alicyclic amines) is 1. The summed E-state index contributed by atoms with van der Waals surface area (Å²) < 4.78 is 5.87. The molecule has 0 bridgehead atoms. The van der Waals surface area contributed by atoms with Crippen molar-refractivity contribution in [3.05, 3.63) is 0 Å². The topological polar surface area (TPSA) is 61.8 Å². The van der Waals surface area contributed by atoms with Gasteiger partial charge in [-0.25, -0.2) is 4.79 Å². The molecule has 2 aliphatic rings. The summed E-state index contributed by atoms with van der Waals surface area (Å²) in [5.74, 6) is 0.609. The first kappa shape index (κ1) is 17.8. The zero-order valence-electron chi connectivity index (χ0n) is 14.4. The minimum absolute atomic E-state index is 0.225. The summed E-state index contributed by atoms with van der Waals surface area (Å²) in [6.45, 7) is 10.8. The molecule has 1 amide bonds. The van der Waals surface area contributed by atoms with E-state index in [0.29, 0.717) is 12.5 Å². The van der Waals surface area contributed by atoms with Gasteiger partial charge < -0.3 is 19.7 Å². The molecule has 1 aliphatic carbocycles. The number of rotatable bonds is 6. The lowest BCUT2D eigenvalue weighted by atomic mass is 9.69. The molecule has 1 saturated carbocycles. The average Bonchev–Trinajstić information content (AvgIpc) is 2.87. The van der Waals surface area contributed by atoms with Crippen LogP contribution in [0.1, 0.15) is 32.1 Å². The number of hydrogen-bond acceptors (Lipinski definition) is 3. The average molecular weight is 329 g/mol. The summed E-state index contributed by atoms with van der Waals surface area (Å²) in [7, 11) is -1.41. The van der Waals surface area contributed by atoms with E-state index in [4.69, 9.17) is 4.43 Å². The lowest BCUT2D eigenvalue weighted by Gasteiger charge is -2.46. The molecule has 22 heavy (non-hydrogen) atoms. The van der Waals surface area contributed by atoms with E-state index >= 15 is 0 Å². The van der Waals surface area contributed by atoms with Crippen LogP contribution in [0, 0.1) is 11.3 Å². The first-order valence-corrected chi connectivity index (χ1v) is 12.1. The van der Waals surface area contributed by atoms with Crippen molar-refractivity contribution < 1.29 is 14.3 Å². The maximum Gasteiger partial charge on any atom is 0.407 e. The molecule has 2 fully saturated rings. The Morgan fingerprint density at radius 1 is 1.36 bits per heavy atom. The molecule has 0 aromatic heterocycles. The van der Waals surface area contributed by atoms with Gasteiger partial charge in [0.2, 0.25) is 0 Å². The fraction of sp³-hybridized carbons (Fsp3) is 0.938. The molecule has 0 aromatic carbocycles. The van der Waals surface area contributed by atoms with Gasteiger partial charge in [0.1, 0.15) is 0 Å². The summed E-state index contributed by atoms with van der Waals surface area (Å²) >= 11 is 0. The molecule has 1 aliphatic heterocycles. The Morgan fingerprint density at radius 3 is 2.64 bits per heavy atom. The predicted molar refractivity (Wildman–Crippen MR) is 90.8 cm³/mol. The quantitative estimate of drug-likeness (QED) is 0.581. The van der Waals surface area contributed by atoms with E-state index < -0.39 is 14.4 Å². The van der Waals surface area contributed by atoms with Crippen LogP contribution in [0.15, 0.2) is 0 Å². The lowest BCUT2D eigenvalue weighted by Crippen LogP contribution is -2.52. The van der Waals surface area contributed by atoms with Crippen molar-refractivity contribution >= 4 is 14.4 Å². The number of nitrogens with zero attached hydrogens (tertiary/aromatic N) is 1. The molecular formula is C16H32N2O3Si. The fourth-order valence-electron chi connectivity index (χ4n) is 4.04. The van der Waals surface area contributed by atoms with E-state index in [1.807, 2.05) is 0 Å². The molecule has 1 atom stereocenters. The van der Waals surface area contributed by atoms with Crippen molar-refractivity contribution in [3.63, 3.8) is 0 Å². The van der Waals surface area contributed by atoms with Gasteiger partial charge in [0.25, 0.3) is 0 Å². The largest absolute Gasteiger partial charge is 0.465 e. The number of nitrogens with one attached hydrogen (secondary N) is 1. The van der Waals surface area contributed by atoms with E-state index in [1.54, 1.807) is 4.90 Å². The maximum absolute atomic E-state index is 11.3. The van der Waals surface area contributed by atoms with E-state index in [1.165, 1.54) is 25.7 Å². The van der Waals surface area contributed by atoms with E-state index in [-0.39, 0.29) is 5.41 Å². The third-order valence-corrected chi connectivity index (χ3v) is 6.26. The van der Waals surface area contributed by atoms with Gasteiger partial charge in [0, 0.05) is 26.2 Å². The van der Waals surface area contributed by atoms with Gasteiger partial charge in [0.15, 0.2) is 8.32 Å². The Labute approximate surface area is 135 Å². The zero-order valence-corrected chi connectivity index (χ0v) is 15.4. The SMILES string of the molecule is C[Si](C)(C)OCCNCC1CCN(C(=O)O)CC12CCCC2. The lowest BCUT2D eigenvalue weighted by molar-refractivity contribution is 0.0333. The maximum atomic E-state index is 11.3. The van der Waals surface area contributed by atoms with Gasteiger partial charge in [0.05, 0.1) is 0 Å². The second kappa shape index (κ2) is 7.32. The predicted octanol–water partition coefficient (Wildman–Crippen LogP) is 2.99. The first-order valence-electron chi connectivity index (χ1n) is 8.65. The number of carboxylic acid groups (broad SMARTS) is 1. The van der Waals surface area contributed by atoms with Crippen molar-refractivity contribution in [2.24, 2.45) is 11.3 Å². The van der Waals surface area contributed by atoms with E-state index in [0.717, 1.165) is 32.7 Å². The monoisotopic (exact) mass is 328 g/mol. The highest BCUT2D eigenvalue weighted by Crippen LogP contribution is 2.48. The van der Waals surface area contributed by atoms with Crippen LogP contribution in [0.2, 0.25) is 19.6 Å². The minimum atomic E-state index is -1.41. The van der Waals surface area contributed by atoms with Crippen molar-refractivity contribution in [2.45, 2.75) is 51.7 Å². The van der Waals surface area contributed by atoms with Crippen LogP contribution in [0.25, 0.3) is 0 Å². The molecule has 1 heterocycles. The van der Waals surface area contributed by atoms with Crippen LogP contribution in [-0.2, 0) is 4.43 Å². The fourth-order valence-corrected chi connectivity index (χ4v) is 4.75. The summed E-state index contributed by atoms with van der Waals surface area (Å²) in [5, 5.41) is 12.8.